The van der Waals surface area contributed by atoms with E-state index >= 15 is 0 Å². The SMILES string of the molecule is C[N+]1=C(C=CC=CC=CNc2ccccc2)C(C)(C)c2c(I)cc(I)cc21. The summed E-state index contributed by atoms with van der Waals surface area (Å²) in [5.74, 6) is 0. The Hall–Kier alpha value is -1.41. The molecule has 2 nitrogen and oxygen atoms in total. The van der Waals surface area contributed by atoms with E-state index in [0.29, 0.717) is 0 Å². The summed E-state index contributed by atoms with van der Waals surface area (Å²) in [6.07, 6.45) is 12.4. The van der Waals surface area contributed by atoms with Gasteiger partial charge in [0, 0.05) is 31.2 Å². The highest BCUT2D eigenvalue weighted by Crippen LogP contribution is 2.42. The summed E-state index contributed by atoms with van der Waals surface area (Å²) in [5.41, 5.74) is 5.13. The van der Waals surface area contributed by atoms with Crippen LogP contribution in [0.4, 0.5) is 11.4 Å². The number of fused-ring (bicyclic) bond motifs is 1. The minimum atomic E-state index is -0.00000913. The van der Waals surface area contributed by atoms with Crippen LogP contribution in [0.2, 0.25) is 0 Å². The van der Waals surface area contributed by atoms with Crippen molar-refractivity contribution in [2.45, 2.75) is 19.3 Å². The van der Waals surface area contributed by atoms with Gasteiger partial charge in [-0.2, -0.15) is 4.58 Å². The minimum Gasteiger partial charge on any atom is -0.362 e. The average Bonchev–Trinajstić information content (AvgIpc) is 2.81. The molecule has 0 saturated carbocycles. The van der Waals surface area contributed by atoms with Crippen LogP contribution < -0.4 is 5.32 Å². The molecule has 0 spiro atoms. The lowest BCUT2D eigenvalue weighted by Crippen LogP contribution is -2.27. The Labute approximate surface area is 189 Å². The van der Waals surface area contributed by atoms with Gasteiger partial charge < -0.3 is 5.32 Å². The Morgan fingerprint density at radius 1 is 0.963 bits per heavy atom. The summed E-state index contributed by atoms with van der Waals surface area (Å²) >= 11 is 4.86. The monoisotopic (exact) mass is 581 g/mol. The number of nitrogens with one attached hydrogen (secondary N) is 1. The second-order valence-corrected chi connectivity index (χ2v) is 9.37. The van der Waals surface area contributed by atoms with E-state index in [9.17, 15) is 0 Å². The highest BCUT2D eigenvalue weighted by molar-refractivity contribution is 14.1. The molecule has 3 rings (SSSR count). The van der Waals surface area contributed by atoms with Gasteiger partial charge in [-0.25, -0.2) is 0 Å². The van der Waals surface area contributed by atoms with Gasteiger partial charge >= 0.3 is 0 Å². The van der Waals surface area contributed by atoms with Crippen LogP contribution >= 0.6 is 45.2 Å². The zero-order chi connectivity index (χ0) is 19.4. The summed E-state index contributed by atoms with van der Waals surface area (Å²) < 4.78 is 4.93. The summed E-state index contributed by atoms with van der Waals surface area (Å²) in [6, 6.07) is 14.7. The lowest BCUT2D eigenvalue weighted by molar-refractivity contribution is -0.401. The van der Waals surface area contributed by atoms with Crippen molar-refractivity contribution >= 4 is 62.3 Å². The fourth-order valence-corrected chi connectivity index (χ4v) is 5.94. The number of benzene rings is 2. The van der Waals surface area contributed by atoms with E-state index in [-0.39, 0.29) is 5.41 Å². The van der Waals surface area contributed by atoms with E-state index in [1.807, 2.05) is 48.7 Å². The zero-order valence-electron chi connectivity index (χ0n) is 15.7. The molecule has 0 amide bonds. The number of rotatable bonds is 5. The highest BCUT2D eigenvalue weighted by Gasteiger charge is 2.44. The van der Waals surface area contributed by atoms with Gasteiger partial charge in [0.2, 0.25) is 5.69 Å². The largest absolute Gasteiger partial charge is 0.362 e. The lowest BCUT2D eigenvalue weighted by atomic mass is 9.81. The number of halogens is 2. The predicted molar refractivity (Wildman–Crippen MR) is 133 cm³/mol. The van der Waals surface area contributed by atoms with Crippen molar-refractivity contribution in [1.29, 1.82) is 0 Å². The van der Waals surface area contributed by atoms with Crippen LogP contribution in [0.15, 0.2) is 79.0 Å². The van der Waals surface area contributed by atoms with Gasteiger partial charge in [0.05, 0.1) is 11.0 Å². The van der Waals surface area contributed by atoms with Crippen molar-refractivity contribution in [3.63, 3.8) is 0 Å². The molecular formula is C23H23I2N2+. The maximum Gasteiger partial charge on any atom is 0.211 e. The van der Waals surface area contributed by atoms with Crippen LogP contribution in [-0.2, 0) is 5.41 Å². The van der Waals surface area contributed by atoms with Gasteiger partial charge in [-0.3, -0.25) is 0 Å². The molecule has 0 aromatic heterocycles. The van der Waals surface area contributed by atoms with Gasteiger partial charge in [0.25, 0.3) is 0 Å². The third-order valence-corrected chi connectivity index (χ3v) is 6.20. The Kier molecular flexibility index (Phi) is 6.57. The molecule has 1 aliphatic rings. The molecule has 4 heteroatoms. The van der Waals surface area contributed by atoms with E-state index in [4.69, 9.17) is 0 Å². The molecule has 2 aromatic rings. The quantitative estimate of drug-likeness (QED) is 0.238. The molecule has 1 N–H and O–H groups in total. The van der Waals surface area contributed by atoms with Crippen molar-refractivity contribution < 1.29 is 4.58 Å². The third-order valence-electron chi connectivity index (χ3n) is 4.73. The van der Waals surface area contributed by atoms with Crippen LogP contribution in [-0.4, -0.2) is 17.3 Å². The molecule has 0 bridgehead atoms. The van der Waals surface area contributed by atoms with Crippen LogP contribution in [0.1, 0.15) is 19.4 Å². The molecule has 0 atom stereocenters. The van der Waals surface area contributed by atoms with Gasteiger partial charge in [-0.05, 0) is 83.3 Å². The molecule has 2 aromatic carbocycles. The van der Waals surface area contributed by atoms with Gasteiger partial charge in [0.1, 0.15) is 7.05 Å². The molecule has 1 aliphatic heterocycles. The average molecular weight is 581 g/mol. The molecule has 138 valence electrons. The Morgan fingerprint density at radius 2 is 1.67 bits per heavy atom. The molecule has 27 heavy (non-hydrogen) atoms. The van der Waals surface area contributed by atoms with E-state index in [0.717, 1.165) is 5.69 Å². The fourth-order valence-electron chi connectivity index (χ4n) is 3.45. The first kappa shape index (κ1) is 20.3. The zero-order valence-corrected chi connectivity index (χ0v) is 20.0. The number of allylic oxidation sites excluding steroid dienone is 5. The van der Waals surface area contributed by atoms with Crippen molar-refractivity contribution in [1.82, 2.24) is 0 Å². The highest BCUT2D eigenvalue weighted by atomic mass is 127. The topological polar surface area (TPSA) is 15.0 Å². The second kappa shape index (κ2) is 8.73. The van der Waals surface area contributed by atoms with Gasteiger partial charge in [-0.1, -0.05) is 36.4 Å². The van der Waals surface area contributed by atoms with Crippen LogP contribution in [0.3, 0.4) is 0 Å². The Balaban J connectivity index is 1.71. The van der Waals surface area contributed by atoms with Crippen molar-refractivity contribution in [3.8, 4) is 0 Å². The first-order valence-corrected chi connectivity index (χ1v) is 11.0. The second-order valence-electron chi connectivity index (χ2n) is 6.96. The fraction of sp³-hybridized carbons (Fsp3) is 0.174. The molecule has 1 heterocycles. The smallest absolute Gasteiger partial charge is 0.211 e. The lowest BCUT2D eigenvalue weighted by Gasteiger charge is -2.17. The molecule has 0 aliphatic carbocycles. The van der Waals surface area contributed by atoms with Crippen molar-refractivity contribution in [2.24, 2.45) is 0 Å². The van der Waals surface area contributed by atoms with E-state index < -0.39 is 0 Å². The van der Waals surface area contributed by atoms with Crippen LogP contribution in [0.5, 0.6) is 0 Å². The number of para-hydroxylation sites is 1. The van der Waals surface area contributed by atoms with Crippen molar-refractivity contribution in [3.05, 3.63) is 91.7 Å². The molecule has 0 unspecified atom stereocenters. The van der Waals surface area contributed by atoms with Crippen LogP contribution in [0, 0.1) is 7.14 Å². The number of nitrogens with zero attached hydrogens (tertiary/aromatic N) is 1. The number of hydrogen-bond donors (Lipinski definition) is 1. The van der Waals surface area contributed by atoms with Gasteiger partial charge in [-0.15, -0.1) is 0 Å². The number of hydrogen-bond acceptors (Lipinski definition) is 1. The summed E-state index contributed by atoms with van der Waals surface area (Å²) in [4.78, 5) is 0. The van der Waals surface area contributed by atoms with E-state index in [1.54, 1.807) is 0 Å². The number of anilines is 1. The standard InChI is InChI=1S/C23H22I2N2/c1-23(2)21(27(3)20-16-17(24)15-19(25)22(20)23)13-9-4-5-10-14-26-18-11-7-6-8-12-18/h4-16H,1-3H3/p+1. The molecule has 0 saturated heterocycles. The molecular weight excluding hydrogens is 558 g/mol. The minimum absolute atomic E-state index is 0.00000913. The maximum atomic E-state index is 3.25. The third kappa shape index (κ3) is 4.54. The van der Waals surface area contributed by atoms with E-state index in [2.05, 4.69) is 106 Å². The first-order valence-electron chi connectivity index (χ1n) is 8.83. The summed E-state index contributed by atoms with van der Waals surface area (Å²) in [5, 5.41) is 3.25. The molecule has 0 fully saturated rings. The summed E-state index contributed by atoms with van der Waals surface area (Å²) in [6.45, 7) is 4.61. The maximum absolute atomic E-state index is 3.25. The first-order chi connectivity index (χ1) is 12.9. The Morgan fingerprint density at radius 3 is 2.41 bits per heavy atom. The van der Waals surface area contributed by atoms with E-state index in [1.165, 1.54) is 24.1 Å². The molecule has 0 radical (unpaired) electrons. The van der Waals surface area contributed by atoms with Gasteiger partial charge in [0.15, 0.2) is 5.71 Å². The van der Waals surface area contributed by atoms with Crippen molar-refractivity contribution in [2.75, 3.05) is 12.4 Å². The predicted octanol–water partition coefficient (Wildman–Crippen LogP) is 6.64. The summed E-state index contributed by atoms with van der Waals surface area (Å²) in [7, 11) is 2.16. The Bertz CT molecular complexity index is 952. The normalized spacial score (nSPS) is 16.0. The van der Waals surface area contributed by atoms with Crippen LogP contribution in [0.25, 0.3) is 0 Å².